The van der Waals surface area contributed by atoms with Gasteiger partial charge in [-0.2, -0.15) is 0 Å². The molecule has 1 unspecified atom stereocenters. The average Bonchev–Trinajstić information content (AvgIpc) is 3.61. The van der Waals surface area contributed by atoms with Gasteiger partial charge in [-0.1, -0.05) is 24.3 Å². The Labute approximate surface area is 186 Å². The average molecular weight is 435 g/mol. The number of amides is 3. The van der Waals surface area contributed by atoms with Crippen LogP contribution in [-0.4, -0.2) is 60.4 Å². The van der Waals surface area contributed by atoms with Crippen LogP contribution >= 0.6 is 0 Å². The molecule has 3 aliphatic rings. The molecule has 0 saturated heterocycles. The summed E-state index contributed by atoms with van der Waals surface area (Å²) in [4.78, 5) is 41.7. The van der Waals surface area contributed by atoms with E-state index in [1.54, 1.807) is 29.0 Å². The minimum atomic E-state index is -0.679. The van der Waals surface area contributed by atoms with Gasteiger partial charge in [0.15, 0.2) is 11.5 Å². The standard InChI is InChI=1S/C24H25N3O5/c1-26(14-15-6-9-19-20(12-15)32-11-10-31-19)21(28)13-25-23(29)22-17-4-2-3-5-18(17)24(30)27(22)16-7-8-16/h2-6,9,12,16,22H,7-8,10-11,13-14H2,1H3,(H,25,29). The van der Waals surface area contributed by atoms with Crippen LogP contribution in [0.3, 0.4) is 0 Å². The number of rotatable bonds is 6. The molecule has 0 aromatic heterocycles. The molecule has 2 heterocycles. The predicted octanol–water partition coefficient (Wildman–Crippen LogP) is 1.89. The number of carbonyl (C=O) groups excluding carboxylic acids is 3. The van der Waals surface area contributed by atoms with Crippen molar-refractivity contribution in [2.45, 2.75) is 31.5 Å². The van der Waals surface area contributed by atoms with E-state index in [9.17, 15) is 14.4 Å². The van der Waals surface area contributed by atoms with Gasteiger partial charge in [0, 0.05) is 25.2 Å². The number of hydrogen-bond acceptors (Lipinski definition) is 5. The smallest absolute Gasteiger partial charge is 0.255 e. The molecular formula is C24H25N3O5. The van der Waals surface area contributed by atoms with Crippen molar-refractivity contribution in [1.82, 2.24) is 15.1 Å². The monoisotopic (exact) mass is 435 g/mol. The summed E-state index contributed by atoms with van der Waals surface area (Å²) in [5.41, 5.74) is 2.19. The molecule has 2 aromatic rings. The fourth-order valence-electron chi connectivity index (χ4n) is 4.28. The first-order chi connectivity index (χ1) is 15.5. The number of likely N-dealkylation sites (N-methyl/N-ethyl adjacent to an activating group) is 1. The fourth-order valence-corrected chi connectivity index (χ4v) is 4.28. The van der Waals surface area contributed by atoms with Crippen molar-refractivity contribution < 1.29 is 23.9 Å². The van der Waals surface area contributed by atoms with Gasteiger partial charge in [0.1, 0.15) is 19.3 Å². The Hall–Kier alpha value is -3.55. The molecule has 8 heteroatoms. The van der Waals surface area contributed by atoms with Gasteiger partial charge >= 0.3 is 0 Å². The van der Waals surface area contributed by atoms with Gasteiger partial charge in [0.2, 0.25) is 11.8 Å². The zero-order chi connectivity index (χ0) is 22.2. The first-order valence-corrected chi connectivity index (χ1v) is 10.8. The van der Waals surface area contributed by atoms with Crippen LogP contribution < -0.4 is 14.8 Å². The Morgan fingerprint density at radius 1 is 1.09 bits per heavy atom. The molecule has 2 aromatic carbocycles. The van der Waals surface area contributed by atoms with Crippen molar-refractivity contribution in [3.8, 4) is 11.5 Å². The van der Waals surface area contributed by atoms with E-state index in [4.69, 9.17) is 9.47 Å². The molecule has 8 nitrogen and oxygen atoms in total. The summed E-state index contributed by atoms with van der Waals surface area (Å²) in [6.07, 6.45) is 1.81. The number of benzene rings is 2. The minimum absolute atomic E-state index is 0.0965. The van der Waals surface area contributed by atoms with Crippen molar-refractivity contribution in [2.24, 2.45) is 0 Å². The molecule has 1 aliphatic carbocycles. The third kappa shape index (κ3) is 3.77. The van der Waals surface area contributed by atoms with Crippen LogP contribution in [0.25, 0.3) is 0 Å². The molecule has 5 rings (SSSR count). The summed E-state index contributed by atoms with van der Waals surface area (Å²) in [6.45, 7) is 1.27. The zero-order valence-corrected chi connectivity index (χ0v) is 17.9. The van der Waals surface area contributed by atoms with E-state index in [2.05, 4.69) is 5.32 Å². The third-order valence-corrected chi connectivity index (χ3v) is 6.05. The molecule has 0 bridgehead atoms. The Bertz CT molecular complexity index is 1080. The molecule has 1 atom stereocenters. The van der Waals surface area contributed by atoms with Gasteiger partial charge in [-0.3, -0.25) is 14.4 Å². The second-order valence-electron chi connectivity index (χ2n) is 8.38. The van der Waals surface area contributed by atoms with Crippen LogP contribution in [0, 0.1) is 0 Å². The molecule has 0 radical (unpaired) electrons. The largest absolute Gasteiger partial charge is 0.486 e. The molecule has 2 aliphatic heterocycles. The van der Waals surface area contributed by atoms with Gasteiger partial charge in [0.05, 0.1) is 6.54 Å². The number of carbonyl (C=O) groups is 3. The minimum Gasteiger partial charge on any atom is -0.486 e. The van der Waals surface area contributed by atoms with Crippen molar-refractivity contribution in [3.63, 3.8) is 0 Å². The highest BCUT2D eigenvalue weighted by atomic mass is 16.6. The maximum Gasteiger partial charge on any atom is 0.255 e. The Kier molecular flexibility index (Phi) is 5.20. The van der Waals surface area contributed by atoms with Crippen LogP contribution in [0.1, 0.15) is 40.4 Å². The lowest BCUT2D eigenvalue weighted by atomic mass is 10.0. The van der Waals surface area contributed by atoms with E-state index in [1.807, 2.05) is 30.3 Å². The SMILES string of the molecule is CN(Cc1ccc2c(c1)OCCO2)C(=O)CNC(=O)C1c2ccccc2C(=O)N1C1CC1. The number of nitrogens with one attached hydrogen (secondary N) is 1. The van der Waals surface area contributed by atoms with Crippen molar-refractivity contribution in [3.05, 3.63) is 59.2 Å². The summed E-state index contributed by atoms with van der Waals surface area (Å²) in [5, 5.41) is 2.75. The molecule has 1 N–H and O–H groups in total. The molecule has 1 fully saturated rings. The van der Waals surface area contributed by atoms with Crippen LogP contribution in [-0.2, 0) is 16.1 Å². The van der Waals surface area contributed by atoms with Crippen LogP contribution in [0.4, 0.5) is 0 Å². The first-order valence-electron chi connectivity index (χ1n) is 10.8. The predicted molar refractivity (Wildman–Crippen MR) is 115 cm³/mol. The van der Waals surface area contributed by atoms with Gasteiger partial charge in [0.25, 0.3) is 5.91 Å². The van der Waals surface area contributed by atoms with E-state index in [-0.39, 0.29) is 30.3 Å². The van der Waals surface area contributed by atoms with Gasteiger partial charge in [-0.25, -0.2) is 0 Å². The molecule has 32 heavy (non-hydrogen) atoms. The van der Waals surface area contributed by atoms with E-state index >= 15 is 0 Å². The summed E-state index contributed by atoms with van der Waals surface area (Å²) in [5.74, 6) is 0.728. The lowest BCUT2D eigenvalue weighted by molar-refractivity contribution is -0.133. The van der Waals surface area contributed by atoms with Crippen LogP contribution in [0.2, 0.25) is 0 Å². The molecular weight excluding hydrogens is 410 g/mol. The topological polar surface area (TPSA) is 88.2 Å². The van der Waals surface area contributed by atoms with Gasteiger partial charge in [-0.05, 0) is 42.2 Å². The van der Waals surface area contributed by atoms with Crippen LogP contribution in [0.5, 0.6) is 11.5 Å². The number of ether oxygens (including phenoxy) is 2. The summed E-state index contributed by atoms with van der Waals surface area (Å²) < 4.78 is 11.1. The van der Waals surface area contributed by atoms with Gasteiger partial charge < -0.3 is 24.6 Å². The Morgan fingerprint density at radius 3 is 2.62 bits per heavy atom. The van der Waals surface area contributed by atoms with Crippen LogP contribution in [0.15, 0.2) is 42.5 Å². The summed E-state index contributed by atoms with van der Waals surface area (Å²) >= 11 is 0. The molecule has 0 spiro atoms. The maximum atomic E-state index is 13.0. The van der Waals surface area contributed by atoms with Crippen molar-refractivity contribution >= 4 is 17.7 Å². The van der Waals surface area contributed by atoms with E-state index in [0.29, 0.717) is 42.4 Å². The summed E-state index contributed by atoms with van der Waals surface area (Å²) in [7, 11) is 1.69. The number of hydrogen-bond donors (Lipinski definition) is 1. The highest BCUT2D eigenvalue weighted by molar-refractivity contribution is 6.05. The molecule has 1 saturated carbocycles. The molecule has 3 amide bonds. The highest BCUT2D eigenvalue weighted by Crippen LogP contribution is 2.41. The quantitative estimate of drug-likeness (QED) is 0.749. The lowest BCUT2D eigenvalue weighted by Gasteiger charge is -2.25. The summed E-state index contributed by atoms with van der Waals surface area (Å²) in [6, 6.07) is 12.2. The van der Waals surface area contributed by atoms with E-state index < -0.39 is 6.04 Å². The number of nitrogens with zero attached hydrogens (tertiary/aromatic N) is 2. The zero-order valence-electron chi connectivity index (χ0n) is 17.9. The van der Waals surface area contributed by atoms with E-state index in [1.165, 1.54) is 0 Å². The second kappa shape index (κ2) is 8.18. The second-order valence-corrected chi connectivity index (χ2v) is 8.38. The first kappa shape index (κ1) is 20.4. The van der Waals surface area contributed by atoms with Gasteiger partial charge in [-0.15, -0.1) is 0 Å². The highest BCUT2D eigenvalue weighted by Gasteiger charge is 2.47. The van der Waals surface area contributed by atoms with Crippen molar-refractivity contribution in [2.75, 3.05) is 26.8 Å². The Balaban J connectivity index is 1.22. The number of fused-ring (bicyclic) bond motifs is 2. The Morgan fingerprint density at radius 2 is 1.84 bits per heavy atom. The maximum absolute atomic E-state index is 13.0. The molecule has 166 valence electrons. The normalized spacial score (nSPS) is 18.8. The lowest BCUT2D eigenvalue weighted by Crippen LogP contribution is -2.44. The fraction of sp³-hybridized carbons (Fsp3) is 0.375. The van der Waals surface area contributed by atoms with Crippen molar-refractivity contribution in [1.29, 1.82) is 0 Å². The third-order valence-electron chi connectivity index (χ3n) is 6.05. The van der Waals surface area contributed by atoms with E-state index in [0.717, 1.165) is 18.4 Å².